The fraction of sp³-hybridized carbons (Fsp3) is 0.875. The van der Waals surface area contributed by atoms with Crippen molar-refractivity contribution in [3.05, 3.63) is 0 Å². The maximum Gasteiger partial charge on any atom is 0.137 e. The molecule has 0 N–H and O–H groups in total. The zero-order valence-electron chi connectivity index (χ0n) is 7.23. The van der Waals surface area contributed by atoms with Crippen LogP contribution in [0.2, 0.25) is 0 Å². The van der Waals surface area contributed by atoms with Gasteiger partial charge in [-0.2, -0.15) is 0 Å². The molecule has 0 rings (SSSR count). The summed E-state index contributed by atoms with van der Waals surface area (Å²) >= 11 is 0. The van der Waals surface area contributed by atoms with E-state index in [1.54, 1.807) is 14.0 Å². The van der Waals surface area contributed by atoms with Crippen LogP contribution in [0.5, 0.6) is 0 Å². The third-order valence-corrected chi connectivity index (χ3v) is 2.09. The zero-order valence-corrected chi connectivity index (χ0v) is 7.23. The Kier molecular flexibility index (Phi) is 3.58. The van der Waals surface area contributed by atoms with Crippen LogP contribution < -0.4 is 0 Å². The molecule has 2 nitrogen and oxygen atoms in total. The third-order valence-electron chi connectivity index (χ3n) is 2.09. The predicted molar refractivity (Wildman–Crippen MR) is 41.0 cm³/mol. The first-order chi connectivity index (χ1) is 4.56. The fourth-order valence-corrected chi connectivity index (χ4v) is 0.771. The number of carbonyl (C=O) groups is 1. The van der Waals surface area contributed by atoms with Crippen LogP contribution in [-0.2, 0) is 9.53 Å². The highest BCUT2D eigenvalue weighted by Crippen LogP contribution is 2.21. The van der Waals surface area contributed by atoms with E-state index in [2.05, 4.69) is 0 Å². The van der Waals surface area contributed by atoms with Gasteiger partial charge >= 0.3 is 0 Å². The van der Waals surface area contributed by atoms with E-state index in [4.69, 9.17) is 4.74 Å². The van der Waals surface area contributed by atoms with E-state index in [-0.39, 0.29) is 11.2 Å². The lowest BCUT2D eigenvalue weighted by Gasteiger charge is -2.23. The van der Waals surface area contributed by atoms with Gasteiger partial charge in [0, 0.05) is 12.5 Å². The van der Waals surface area contributed by atoms with Gasteiger partial charge < -0.3 is 4.74 Å². The molecule has 0 fully saturated rings. The van der Waals surface area contributed by atoms with Crippen molar-refractivity contribution in [3.8, 4) is 0 Å². The van der Waals surface area contributed by atoms with Crippen molar-refractivity contribution in [1.29, 1.82) is 0 Å². The van der Waals surface area contributed by atoms with Crippen LogP contribution >= 0.6 is 0 Å². The Morgan fingerprint density at radius 3 is 2.20 bits per heavy atom. The van der Waals surface area contributed by atoms with Crippen LogP contribution in [0.3, 0.4) is 0 Å². The summed E-state index contributed by atoms with van der Waals surface area (Å²) in [5.74, 6) is 0.205. The van der Waals surface area contributed by atoms with Crippen molar-refractivity contribution in [1.82, 2.24) is 0 Å². The topological polar surface area (TPSA) is 26.3 Å². The maximum absolute atomic E-state index is 11.0. The number of hydrogen-bond donors (Lipinski definition) is 0. The molecule has 0 bridgehead atoms. The Hall–Kier alpha value is -0.370. The second-order valence-corrected chi connectivity index (χ2v) is 2.90. The SMILES string of the molecule is CCC(C)(COC)C(C)=O. The van der Waals surface area contributed by atoms with Gasteiger partial charge in [-0.1, -0.05) is 13.8 Å². The number of hydrogen-bond acceptors (Lipinski definition) is 2. The highest BCUT2D eigenvalue weighted by atomic mass is 16.5. The Bertz CT molecular complexity index is 120. The molecule has 0 aromatic carbocycles. The zero-order chi connectivity index (χ0) is 8.20. The number of Topliss-reactive ketones (excluding diaryl/α,β-unsaturated/α-hetero) is 1. The Morgan fingerprint density at radius 1 is 1.60 bits per heavy atom. The first-order valence-electron chi connectivity index (χ1n) is 3.57. The summed E-state index contributed by atoms with van der Waals surface area (Å²) in [6, 6.07) is 0. The molecule has 0 aliphatic heterocycles. The van der Waals surface area contributed by atoms with E-state index in [1.165, 1.54) is 0 Å². The largest absolute Gasteiger partial charge is 0.384 e. The molecule has 0 saturated heterocycles. The molecule has 2 heteroatoms. The van der Waals surface area contributed by atoms with E-state index in [1.807, 2.05) is 13.8 Å². The standard InChI is InChI=1S/C8H16O2/c1-5-8(3,6-10-4)7(2)9/h5-6H2,1-4H3. The van der Waals surface area contributed by atoms with E-state index >= 15 is 0 Å². The maximum atomic E-state index is 11.0. The van der Waals surface area contributed by atoms with Crippen molar-refractivity contribution < 1.29 is 9.53 Å². The lowest BCUT2D eigenvalue weighted by molar-refractivity contribution is -0.128. The second-order valence-electron chi connectivity index (χ2n) is 2.90. The smallest absolute Gasteiger partial charge is 0.137 e. The van der Waals surface area contributed by atoms with Crippen LogP contribution in [0.25, 0.3) is 0 Å². The minimum absolute atomic E-state index is 0.205. The summed E-state index contributed by atoms with van der Waals surface area (Å²) in [6.45, 7) is 6.07. The molecule has 0 heterocycles. The van der Waals surface area contributed by atoms with E-state index in [9.17, 15) is 4.79 Å². The van der Waals surface area contributed by atoms with Crippen LogP contribution in [0.4, 0.5) is 0 Å². The lowest BCUT2D eigenvalue weighted by Crippen LogP contribution is -2.29. The van der Waals surface area contributed by atoms with Gasteiger partial charge in [-0.3, -0.25) is 4.79 Å². The van der Waals surface area contributed by atoms with Crippen molar-refractivity contribution in [3.63, 3.8) is 0 Å². The third kappa shape index (κ3) is 2.10. The molecule has 1 atom stereocenters. The van der Waals surface area contributed by atoms with E-state index < -0.39 is 0 Å². The van der Waals surface area contributed by atoms with Crippen LogP contribution in [0.15, 0.2) is 0 Å². The molecule has 0 aromatic rings. The lowest BCUT2D eigenvalue weighted by atomic mass is 9.85. The van der Waals surface area contributed by atoms with Gasteiger partial charge in [0.1, 0.15) is 5.78 Å². The molecule has 0 amide bonds. The minimum Gasteiger partial charge on any atom is -0.384 e. The average Bonchev–Trinajstić information content (AvgIpc) is 1.88. The van der Waals surface area contributed by atoms with Gasteiger partial charge in [0.15, 0.2) is 0 Å². The van der Waals surface area contributed by atoms with E-state index in [0.29, 0.717) is 6.61 Å². The number of methoxy groups -OCH3 is 1. The molecule has 0 aliphatic rings. The Balaban J connectivity index is 4.08. The summed E-state index contributed by atoms with van der Waals surface area (Å²) in [4.78, 5) is 11.0. The first-order valence-corrected chi connectivity index (χ1v) is 3.57. The van der Waals surface area contributed by atoms with Crippen LogP contribution in [0, 0.1) is 5.41 Å². The van der Waals surface area contributed by atoms with Crippen LogP contribution in [0.1, 0.15) is 27.2 Å². The van der Waals surface area contributed by atoms with Gasteiger partial charge in [0.25, 0.3) is 0 Å². The number of ketones is 1. The van der Waals surface area contributed by atoms with Gasteiger partial charge in [-0.05, 0) is 13.3 Å². The summed E-state index contributed by atoms with van der Waals surface area (Å²) in [5.41, 5.74) is -0.269. The van der Waals surface area contributed by atoms with Crippen molar-refractivity contribution in [2.45, 2.75) is 27.2 Å². The molecule has 0 saturated carbocycles. The van der Waals surface area contributed by atoms with Crippen molar-refractivity contribution in [2.24, 2.45) is 5.41 Å². The van der Waals surface area contributed by atoms with Gasteiger partial charge in [0.05, 0.1) is 6.61 Å². The Morgan fingerprint density at radius 2 is 2.10 bits per heavy atom. The Labute approximate surface area is 62.6 Å². The van der Waals surface area contributed by atoms with Crippen molar-refractivity contribution >= 4 is 5.78 Å². The second kappa shape index (κ2) is 3.71. The number of rotatable bonds is 4. The summed E-state index contributed by atoms with van der Waals surface area (Å²) in [7, 11) is 1.62. The van der Waals surface area contributed by atoms with Gasteiger partial charge in [-0.15, -0.1) is 0 Å². The molecular weight excluding hydrogens is 128 g/mol. The molecular formula is C8H16O2. The number of ether oxygens (including phenoxy) is 1. The molecule has 0 aliphatic carbocycles. The number of carbonyl (C=O) groups excluding carboxylic acids is 1. The fourth-order valence-electron chi connectivity index (χ4n) is 0.771. The molecule has 1 unspecified atom stereocenters. The average molecular weight is 144 g/mol. The molecule has 0 radical (unpaired) electrons. The van der Waals surface area contributed by atoms with Gasteiger partial charge in [0.2, 0.25) is 0 Å². The van der Waals surface area contributed by atoms with Gasteiger partial charge in [-0.25, -0.2) is 0 Å². The monoisotopic (exact) mass is 144 g/mol. The first kappa shape index (κ1) is 9.63. The molecule has 60 valence electrons. The quantitative estimate of drug-likeness (QED) is 0.599. The highest BCUT2D eigenvalue weighted by Gasteiger charge is 2.26. The predicted octanol–water partition coefficient (Wildman–Crippen LogP) is 1.64. The van der Waals surface area contributed by atoms with Crippen LogP contribution in [-0.4, -0.2) is 19.5 Å². The summed E-state index contributed by atoms with van der Waals surface area (Å²) < 4.78 is 4.94. The normalized spacial score (nSPS) is 16.4. The summed E-state index contributed by atoms with van der Waals surface area (Å²) in [5, 5.41) is 0. The molecule has 10 heavy (non-hydrogen) atoms. The molecule has 0 spiro atoms. The highest BCUT2D eigenvalue weighted by molar-refractivity contribution is 5.81. The summed E-state index contributed by atoms with van der Waals surface area (Å²) in [6.07, 6.45) is 0.843. The molecule has 0 aromatic heterocycles. The minimum atomic E-state index is -0.269. The van der Waals surface area contributed by atoms with Crippen molar-refractivity contribution in [2.75, 3.05) is 13.7 Å². The van der Waals surface area contributed by atoms with E-state index in [0.717, 1.165) is 6.42 Å².